The number of sulfonamides is 1. The molecule has 3 N–H and O–H groups in total. The number of alkyl halides is 3. The first-order chi connectivity index (χ1) is 17.6. The first-order valence-electron chi connectivity index (χ1n) is 11.1. The molecule has 3 aromatic carbocycles. The van der Waals surface area contributed by atoms with E-state index in [9.17, 15) is 21.6 Å². The second-order valence-electron chi connectivity index (χ2n) is 8.31. The predicted molar refractivity (Wildman–Crippen MR) is 136 cm³/mol. The van der Waals surface area contributed by atoms with E-state index in [4.69, 9.17) is 11.6 Å². The molecule has 2 heterocycles. The summed E-state index contributed by atoms with van der Waals surface area (Å²) in [6.45, 7) is 0. The molecule has 190 valence electrons. The van der Waals surface area contributed by atoms with Crippen LogP contribution in [0, 0.1) is 0 Å². The quantitative estimate of drug-likeness (QED) is 0.271. The predicted octanol–water partition coefficient (Wildman–Crippen LogP) is 6.54. The Balaban J connectivity index is 1.56. The summed E-state index contributed by atoms with van der Waals surface area (Å²) < 4.78 is 69.1. The molecule has 1 aliphatic rings. The monoisotopic (exact) mass is 545 g/mol. The number of nitrogens with one attached hydrogen (secondary N) is 3. The number of aromatic nitrogens is 2. The van der Waals surface area contributed by atoms with Crippen LogP contribution in [0.1, 0.15) is 16.7 Å². The van der Waals surface area contributed by atoms with Crippen LogP contribution in [0.25, 0.3) is 0 Å². The highest BCUT2D eigenvalue weighted by atomic mass is 35.5. The highest BCUT2D eigenvalue weighted by molar-refractivity contribution is 7.92. The average Bonchev–Trinajstić information content (AvgIpc) is 2.86. The third-order valence-corrected chi connectivity index (χ3v) is 7.40. The Kier molecular flexibility index (Phi) is 6.42. The van der Waals surface area contributed by atoms with Crippen molar-refractivity contribution >= 4 is 50.5 Å². The summed E-state index contributed by atoms with van der Waals surface area (Å²) in [5, 5.41) is 6.50. The molecule has 0 radical (unpaired) electrons. The van der Waals surface area contributed by atoms with Crippen molar-refractivity contribution in [3.8, 4) is 0 Å². The van der Waals surface area contributed by atoms with Crippen molar-refractivity contribution in [2.75, 3.05) is 15.4 Å². The second kappa shape index (κ2) is 9.56. The zero-order valence-corrected chi connectivity index (χ0v) is 20.5. The average molecular weight is 546 g/mol. The Morgan fingerprint density at radius 2 is 1.70 bits per heavy atom. The molecular weight excluding hydrogens is 527 g/mol. The van der Waals surface area contributed by atoms with Gasteiger partial charge in [0.15, 0.2) is 5.82 Å². The summed E-state index contributed by atoms with van der Waals surface area (Å²) in [7, 11) is -4.55. The van der Waals surface area contributed by atoms with E-state index < -0.39 is 26.7 Å². The lowest BCUT2D eigenvalue weighted by molar-refractivity contribution is -0.139. The number of hydrogen-bond donors (Lipinski definition) is 3. The lowest BCUT2D eigenvalue weighted by Gasteiger charge is -2.17. The highest BCUT2D eigenvalue weighted by Gasteiger charge is 2.37. The van der Waals surface area contributed by atoms with Gasteiger partial charge in [-0.15, -0.1) is 0 Å². The van der Waals surface area contributed by atoms with Crippen LogP contribution in [-0.2, 0) is 29.0 Å². The summed E-state index contributed by atoms with van der Waals surface area (Å²) in [6.07, 6.45) is -2.45. The van der Waals surface area contributed by atoms with Crippen LogP contribution < -0.4 is 15.4 Å². The molecule has 1 aliphatic heterocycles. The van der Waals surface area contributed by atoms with E-state index in [0.29, 0.717) is 35.9 Å². The van der Waals surface area contributed by atoms with Crippen molar-refractivity contribution < 1.29 is 21.6 Å². The summed E-state index contributed by atoms with van der Waals surface area (Å²) in [6, 6.07) is 16.4. The Labute approximate surface area is 215 Å². The minimum atomic E-state index is -4.83. The Hall–Kier alpha value is -3.83. The van der Waals surface area contributed by atoms with Crippen LogP contribution in [0.2, 0.25) is 5.02 Å². The molecule has 1 aromatic heterocycles. The summed E-state index contributed by atoms with van der Waals surface area (Å²) in [5.74, 6) is 0.657. The minimum Gasteiger partial charge on any atom is -0.339 e. The van der Waals surface area contributed by atoms with Gasteiger partial charge < -0.3 is 10.6 Å². The van der Waals surface area contributed by atoms with Gasteiger partial charge in [0.05, 0.1) is 22.3 Å². The largest absolute Gasteiger partial charge is 0.417 e. The SMILES string of the molecule is O=S(=O)(Nc1ccc2cc1CCc1cccc(c1)Nc1ncc(Cl)c(n1)N2)c1ccccc1C(F)(F)F. The maximum absolute atomic E-state index is 13.5. The van der Waals surface area contributed by atoms with Gasteiger partial charge in [0.1, 0.15) is 5.02 Å². The van der Waals surface area contributed by atoms with Crippen LogP contribution >= 0.6 is 11.6 Å². The van der Waals surface area contributed by atoms with Gasteiger partial charge in [-0.3, -0.25) is 4.72 Å². The first-order valence-corrected chi connectivity index (χ1v) is 12.9. The highest BCUT2D eigenvalue weighted by Crippen LogP contribution is 2.36. The third-order valence-electron chi connectivity index (χ3n) is 5.70. The number of anilines is 5. The van der Waals surface area contributed by atoms with Crippen molar-refractivity contribution in [2.24, 2.45) is 0 Å². The molecule has 0 aliphatic carbocycles. The number of hydrogen-bond acceptors (Lipinski definition) is 6. The Morgan fingerprint density at radius 3 is 2.51 bits per heavy atom. The van der Waals surface area contributed by atoms with E-state index in [1.165, 1.54) is 18.3 Å². The molecule has 0 fully saturated rings. The number of fused-ring (bicyclic) bond motifs is 6. The smallest absolute Gasteiger partial charge is 0.339 e. The maximum atomic E-state index is 13.5. The molecule has 6 bridgehead atoms. The second-order valence-corrected chi connectivity index (χ2v) is 10.4. The lowest BCUT2D eigenvalue weighted by atomic mass is 10.0. The molecule has 4 aromatic rings. The molecule has 0 spiro atoms. The van der Waals surface area contributed by atoms with Crippen LogP contribution in [0.5, 0.6) is 0 Å². The van der Waals surface area contributed by atoms with E-state index in [2.05, 4.69) is 25.3 Å². The number of rotatable bonds is 3. The molecule has 0 unspecified atom stereocenters. The Bertz CT molecular complexity index is 1600. The zero-order valence-electron chi connectivity index (χ0n) is 19.0. The van der Waals surface area contributed by atoms with Gasteiger partial charge in [-0.05, 0) is 66.4 Å². The lowest BCUT2D eigenvalue weighted by Crippen LogP contribution is -2.19. The van der Waals surface area contributed by atoms with Crippen molar-refractivity contribution in [3.63, 3.8) is 0 Å². The summed E-state index contributed by atoms with van der Waals surface area (Å²) >= 11 is 6.27. The number of nitrogens with zero attached hydrogens (tertiary/aromatic N) is 2. The van der Waals surface area contributed by atoms with Crippen LogP contribution in [0.3, 0.4) is 0 Å². The normalized spacial score (nSPS) is 13.3. The third kappa shape index (κ3) is 5.47. The van der Waals surface area contributed by atoms with Gasteiger partial charge in [0.25, 0.3) is 10.0 Å². The van der Waals surface area contributed by atoms with Gasteiger partial charge in [-0.1, -0.05) is 35.9 Å². The number of halogens is 4. The number of aryl methyl sites for hydroxylation is 2. The van der Waals surface area contributed by atoms with Gasteiger partial charge in [-0.2, -0.15) is 18.2 Å². The molecule has 0 atom stereocenters. The fourth-order valence-corrected chi connectivity index (χ4v) is 5.45. The fourth-order valence-electron chi connectivity index (χ4n) is 3.98. The van der Waals surface area contributed by atoms with E-state index in [1.54, 1.807) is 12.1 Å². The molecule has 12 heteroatoms. The van der Waals surface area contributed by atoms with E-state index in [0.717, 1.165) is 29.4 Å². The zero-order chi connectivity index (χ0) is 26.2. The van der Waals surface area contributed by atoms with Gasteiger partial charge in [0, 0.05) is 11.4 Å². The van der Waals surface area contributed by atoms with Crippen LogP contribution in [0.15, 0.2) is 77.8 Å². The first kappa shape index (κ1) is 24.8. The molecule has 0 saturated carbocycles. The van der Waals surface area contributed by atoms with Crippen molar-refractivity contribution in [1.29, 1.82) is 0 Å². The van der Waals surface area contributed by atoms with E-state index in [1.807, 2.05) is 24.3 Å². The van der Waals surface area contributed by atoms with E-state index >= 15 is 0 Å². The van der Waals surface area contributed by atoms with Gasteiger partial charge in [0.2, 0.25) is 5.95 Å². The summed E-state index contributed by atoms with van der Waals surface area (Å²) in [5.41, 5.74) is 1.77. The molecule has 7 nitrogen and oxygen atoms in total. The topological polar surface area (TPSA) is 96.0 Å². The molecule has 0 saturated heterocycles. The molecule has 37 heavy (non-hydrogen) atoms. The molecular formula is C25H19ClF3N5O2S. The van der Waals surface area contributed by atoms with Crippen LogP contribution in [0.4, 0.5) is 42.0 Å². The fraction of sp³-hybridized carbons (Fsp3) is 0.120. The van der Waals surface area contributed by atoms with Crippen molar-refractivity contribution in [3.05, 3.63) is 94.6 Å². The van der Waals surface area contributed by atoms with Crippen LogP contribution in [-0.4, -0.2) is 18.4 Å². The maximum Gasteiger partial charge on any atom is 0.417 e. The standard InChI is InChI=1S/C25H19ClF3N5O2S/c26-20-14-30-24-32-17-5-3-4-15(12-17)8-9-16-13-18(31-23(20)33-24)10-11-21(16)34-37(35,36)22-7-2-1-6-19(22)25(27,28)29/h1-7,10-14,34H,8-9H2,(H2,30,31,32,33). The van der Waals surface area contributed by atoms with Gasteiger partial charge >= 0.3 is 6.18 Å². The van der Waals surface area contributed by atoms with Gasteiger partial charge in [-0.25, -0.2) is 13.4 Å². The minimum absolute atomic E-state index is 0.168. The number of benzene rings is 3. The molecule has 0 amide bonds. The molecule has 5 rings (SSSR count). The Morgan fingerprint density at radius 1 is 0.919 bits per heavy atom. The van der Waals surface area contributed by atoms with Crippen molar-refractivity contribution in [2.45, 2.75) is 23.9 Å². The summed E-state index contributed by atoms with van der Waals surface area (Å²) in [4.78, 5) is 7.77. The van der Waals surface area contributed by atoms with Crippen molar-refractivity contribution in [1.82, 2.24) is 9.97 Å². The van der Waals surface area contributed by atoms with E-state index in [-0.39, 0.29) is 10.7 Å².